The van der Waals surface area contributed by atoms with Gasteiger partial charge in [0.05, 0.1) is 56.4 Å². The lowest BCUT2D eigenvalue weighted by atomic mass is 10.0. The van der Waals surface area contributed by atoms with E-state index in [0.717, 1.165) is 16.8 Å². The molecule has 2 aliphatic rings. The maximum Gasteiger partial charge on any atom is 0.333 e. The second kappa shape index (κ2) is 12.5. The molecular formula is C20H34N3O13P. The van der Waals surface area contributed by atoms with E-state index in [1.54, 1.807) is 0 Å². The zero-order valence-corrected chi connectivity index (χ0v) is 20.8. The Morgan fingerprint density at radius 3 is 2.43 bits per heavy atom. The number of nitrogens with zero attached hydrogens (tertiary/aromatic N) is 1. The molecule has 3 rings (SSSR count). The Bertz CT molecular complexity index is 1050. The van der Waals surface area contributed by atoms with Crippen LogP contribution >= 0.6 is 7.60 Å². The molecule has 0 radical (unpaired) electrons. The van der Waals surface area contributed by atoms with Gasteiger partial charge >= 0.3 is 13.3 Å². The molecule has 9 N–H and O–H groups in total. The maximum absolute atomic E-state index is 13.2. The van der Waals surface area contributed by atoms with Crippen LogP contribution in [-0.4, -0.2) is 126 Å². The number of ether oxygens (including phenoxy) is 1. The molecule has 0 bridgehead atoms. The predicted molar refractivity (Wildman–Crippen MR) is 124 cm³/mol. The highest BCUT2D eigenvalue weighted by Crippen LogP contribution is 2.50. The molecule has 1 aromatic heterocycles. The van der Waals surface area contributed by atoms with Crippen molar-refractivity contribution in [3.05, 3.63) is 33.1 Å². The van der Waals surface area contributed by atoms with Crippen molar-refractivity contribution in [1.29, 1.82) is 0 Å². The predicted octanol–water partition coefficient (Wildman–Crippen LogP) is -4.43. The molecule has 2 saturated heterocycles. The summed E-state index contributed by atoms with van der Waals surface area (Å²) in [6.07, 6.45) is -10.9. The Hall–Kier alpha value is -1.53. The van der Waals surface area contributed by atoms with Crippen LogP contribution in [0.2, 0.25) is 0 Å². The van der Waals surface area contributed by atoms with Crippen LogP contribution < -0.4 is 16.6 Å². The molecular weight excluding hydrogens is 521 g/mol. The van der Waals surface area contributed by atoms with Crippen molar-refractivity contribution in [1.82, 2.24) is 14.9 Å². The summed E-state index contributed by atoms with van der Waals surface area (Å²) in [6, 6.07) is -0.916. The van der Waals surface area contributed by atoms with Gasteiger partial charge in [0.1, 0.15) is 18.3 Å². The molecule has 11 atom stereocenters. The van der Waals surface area contributed by atoms with E-state index in [2.05, 4.69) is 5.32 Å². The minimum atomic E-state index is -4.01. The van der Waals surface area contributed by atoms with Crippen LogP contribution in [0.5, 0.6) is 0 Å². The fourth-order valence-electron chi connectivity index (χ4n) is 4.43. The molecule has 2 aliphatic heterocycles. The van der Waals surface area contributed by atoms with Crippen molar-refractivity contribution in [3.8, 4) is 0 Å². The molecule has 37 heavy (non-hydrogen) atoms. The molecule has 2 fully saturated rings. The third-order valence-corrected chi connectivity index (χ3v) is 8.39. The second-order valence-electron chi connectivity index (χ2n) is 8.99. The fraction of sp³-hybridized carbons (Fsp3) is 0.800. The van der Waals surface area contributed by atoms with E-state index in [1.165, 1.54) is 6.92 Å². The number of aliphatic hydroxyl groups excluding tert-OH is 7. The zero-order chi connectivity index (χ0) is 27.5. The van der Waals surface area contributed by atoms with Crippen LogP contribution in [0.1, 0.15) is 19.6 Å². The Morgan fingerprint density at radius 2 is 1.81 bits per heavy atom. The van der Waals surface area contributed by atoms with Gasteiger partial charge in [-0.15, -0.1) is 0 Å². The first kappa shape index (κ1) is 30.0. The molecule has 0 amide bonds. The van der Waals surface area contributed by atoms with Gasteiger partial charge in [0, 0.05) is 18.3 Å². The fourth-order valence-corrected chi connectivity index (χ4v) is 6.15. The van der Waals surface area contributed by atoms with E-state index in [-0.39, 0.29) is 13.0 Å². The third kappa shape index (κ3) is 6.92. The van der Waals surface area contributed by atoms with Gasteiger partial charge in [0.15, 0.2) is 6.23 Å². The first-order chi connectivity index (χ1) is 17.4. The van der Waals surface area contributed by atoms with Gasteiger partial charge in [0.2, 0.25) is 0 Å². The first-order valence-electron chi connectivity index (χ1n) is 11.7. The summed E-state index contributed by atoms with van der Waals surface area (Å²) in [7, 11) is -4.01. The minimum absolute atomic E-state index is 0.0656. The monoisotopic (exact) mass is 555 g/mol. The number of nitrogens with one attached hydrogen (secondary N) is 2. The molecule has 16 nitrogen and oxygen atoms in total. The quantitative estimate of drug-likeness (QED) is 0.110. The minimum Gasteiger partial charge on any atom is -0.394 e. The average Bonchev–Trinajstić information content (AvgIpc) is 3.27. The highest BCUT2D eigenvalue weighted by Gasteiger charge is 2.47. The summed E-state index contributed by atoms with van der Waals surface area (Å²) in [5, 5.41) is 73.1. The standard InChI is InChI=1S/C20H34N3O13P/c1-2-34-37(33,8-9(25)5-10-15(28)17(30)14(21-10)11(26)6-24)35-7-12-16(29)18(31)19(36-12)23-4-3-13(27)22-20(23)32/h3-4,9-12,14-19,21,24-26,28-31H,2,5-8H2,1H3,(H,22,27,32)/t9-,10-,11+,12+,14-,15-,16+,17-,18+,19+,37?/m0/s1. The molecule has 1 unspecified atom stereocenters. The zero-order valence-electron chi connectivity index (χ0n) is 19.9. The van der Waals surface area contributed by atoms with Crippen LogP contribution in [0.15, 0.2) is 21.9 Å². The molecule has 1 aromatic rings. The molecule has 0 aromatic carbocycles. The van der Waals surface area contributed by atoms with Gasteiger partial charge in [-0.1, -0.05) is 0 Å². The number of hydrogen-bond donors (Lipinski definition) is 9. The summed E-state index contributed by atoms with van der Waals surface area (Å²) < 4.78 is 30.2. The topological polar surface area (TPSA) is 253 Å². The Morgan fingerprint density at radius 1 is 1.11 bits per heavy atom. The number of rotatable bonds is 12. The van der Waals surface area contributed by atoms with E-state index in [9.17, 15) is 44.8 Å². The van der Waals surface area contributed by atoms with Crippen molar-refractivity contribution < 1.29 is 54.1 Å². The Kier molecular flexibility index (Phi) is 10.2. The van der Waals surface area contributed by atoms with Gasteiger partial charge in [-0.25, -0.2) is 4.79 Å². The normalized spacial score (nSPS) is 35.4. The highest BCUT2D eigenvalue weighted by atomic mass is 31.2. The van der Waals surface area contributed by atoms with Gasteiger partial charge in [0.25, 0.3) is 5.56 Å². The van der Waals surface area contributed by atoms with Crippen LogP contribution in [0.25, 0.3) is 0 Å². The van der Waals surface area contributed by atoms with Crippen LogP contribution in [-0.2, 0) is 18.3 Å². The molecule has 212 valence electrons. The maximum atomic E-state index is 13.2. The number of hydrogen-bond acceptors (Lipinski definition) is 14. The molecule has 17 heteroatoms. The van der Waals surface area contributed by atoms with E-state index in [4.69, 9.17) is 18.9 Å². The molecule has 0 aliphatic carbocycles. The van der Waals surface area contributed by atoms with Crippen LogP contribution in [0, 0.1) is 0 Å². The summed E-state index contributed by atoms with van der Waals surface area (Å²) in [5.41, 5.74) is -1.55. The van der Waals surface area contributed by atoms with Gasteiger partial charge in [-0.3, -0.25) is 18.9 Å². The number of aromatic nitrogens is 2. The highest BCUT2D eigenvalue weighted by molar-refractivity contribution is 7.53. The van der Waals surface area contributed by atoms with Crippen molar-refractivity contribution in [2.45, 2.75) is 74.4 Å². The van der Waals surface area contributed by atoms with Crippen LogP contribution in [0.3, 0.4) is 0 Å². The number of aromatic amines is 1. The summed E-state index contributed by atoms with van der Waals surface area (Å²) in [4.78, 5) is 25.3. The summed E-state index contributed by atoms with van der Waals surface area (Å²) in [5.74, 6) is 0. The number of aliphatic hydroxyl groups is 7. The van der Waals surface area contributed by atoms with Crippen molar-refractivity contribution in [3.63, 3.8) is 0 Å². The first-order valence-corrected chi connectivity index (χ1v) is 13.4. The SMILES string of the molecule is CCOP(=O)(C[C@@H](O)C[C@@H]1N[C@@H]([C@H](O)CO)[C@H](O)[C@H]1O)OC[C@H]1O[C@@H](n2ccc(=O)[nH]c2=O)[C@H](O)[C@@H]1O. The lowest BCUT2D eigenvalue weighted by molar-refractivity contribution is -0.0532. The third-order valence-electron chi connectivity index (χ3n) is 6.32. The van der Waals surface area contributed by atoms with Crippen molar-refractivity contribution >= 4 is 7.60 Å². The van der Waals surface area contributed by atoms with E-state index in [1.807, 2.05) is 4.98 Å². The lowest BCUT2D eigenvalue weighted by Gasteiger charge is -2.25. The van der Waals surface area contributed by atoms with Crippen LogP contribution in [0.4, 0.5) is 0 Å². The second-order valence-corrected chi connectivity index (χ2v) is 11.1. The average molecular weight is 555 g/mol. The largest absolute Gasteiger partial charge is 0.394 e. The van der Waals surface area contributed by atoms with Crippen molar-refractivity contribution in [2.75, 3.05) is 26.0 Å². The molecule has 0 saturated carbocycles. The van der Waals surface area contributed by atoms with E-state index < -0.39 is 99.3 Å². The lowest BCUT2D eigenvalue weighted by Crippen LogP contribution is -2.45. The Balaban J connectivity index is 1.61. The summed E-state index contributed by atoms with van der Waals surface area (Å²) in [6.45, 7) is 0.255. The Labute approximate surface area is 210 Å². The molecule has 3 heterocycles. The van der Waals surface area contributed by atoms with E-state index in [0.29, 0.717) is 0 Å². The number of H-pyrrole nitrogens is 1. The van der Waals surface area contributed by atoms with Gasteiger partial charge in [-0.05, 0) is 13.3 Å². The smallest absolute Gasteiger partial charge is 0.333 e. The summed E-state index contributed by atoms with van der Waals surface area (Å²) >= 11 is 0. The van der Waals surface area contributed by atoms with Gasteiger partial charge in [-0.2, -0.15) is 0 Å². The van der Waals surface area contributed by atoms with Gasteiger partial charge < -0.3 is 54.8 Å². The van der Waals surface area contributed by atoms with E-state index >= 15 is 0 Å². The molecule has 0 spiro atoms. The van der Waals surface area contributed by atoms with Crippen molar-refractivity contribution in [2.24, 2.45) is 0 Å².